The SMILES string of the molecule is CN(C)C(=O)C=Cc1cccc(C(=O)O[C@@H]2CC(C(=O)N(C)[C@H](Cc3ccccc3)C(=O)NCCO)=C[C@H]3OC(C4CC4)(C4CC4)O[C@H]32)c1. The molecule has 2 N–H and O–H groups in total. The Morgan fingerprint density at radius 1 is 1.00 bits per heavy atom. The first-order valence-electron chi connectivity index (χ1n) is 17.1. The van der Waals surface area contributed by atoms with Gasteiger partial charge in [-0.3, -0.25) is 14.4 Å². The zero-order chi connectivity index (χ0) is 34.7. The number of nitrogens with one attached hydrogen (secondary N) is 1. The van der Waals surface area contributed by atoms with Gasteiger partial charge in [-0.1, -0.05) is 42.5 Å². The second-order valence-corrected chi connectivity index (χ2v) is 13.6. The molecule has 1 aliphatic heterocycles. The lowest BCUT2D eigenvalue weighted by Gasteiger charge is -2.33. The van der Waals surface area contributed by atoms with Crippen LogP contribution < -0.4 is 5.32 Å². The van der Waals surface area contributed by atoms with Gasteiger partial charge in [-0.05, 0) is 61.1 Å². The summed E-state index contributed by atoms with van der Waals surface area (Å²) >= 11 is 0. The van der Waals surface area contributed by atoms with Gasteiger partial charge in [0.05, 0.1) is 12.2 Å². The Hall–Kier alpha value is -4.32. The Labute approximate surface area is 286 Å². The van der Waals surface area contributed by atoms with E-state index >= 15 is 0 Å². The van der Waals surface area contributed by atoms with Crippen LogP contribution in [0.5, 0.6) is 0 Å². The molecule has 0 unspecified atom stereocenters. The summed E-state index contributed by atoms with van der Waals surface area (Å²) in [4.78, 5) is 56.1. The molecular formula is C38H45N3O8. The van der Waals surface area contributed by atoms with Gasteiger partial charge >= 0.3 is 5.97 Å². The van der Waals surface area contributed by atoms with Crippen molar-refractivity contribution in [3.05, 3.63) is 89.0 Å². The minimum atomic E-state index is -0.853. The molecule has 2 aromatic rings. The van der Waals surface area contributed by atoms with Crippen LogP contribution in [0.3, 0.4) is 0 Å². The molecule has 0 aromatic heterocycles. The summed E-state index contributed by atoms with van der Waals surface area (Å²) in [5, 5.41) is 12.0. The fourth-order valence-electron chi connectivity index (χ4n) is 6.76. The zero-order valence-corrected chi connectivity index (χ0v) is 28.2. The molecule has 1 heterocycles. The number of carbonyl (C=O) groups excluding carboxylic acids is 4. The number of benzene rings is 2. The molecule has 2 aromatic carbocycles. The maximum Gasteiger partial charge on any atom is 0.338 e. The highest BCUT2D eigenvalue weighted by Crippen LogP contribution is 2.59. The van der Waals surface area contributed by atoms with Gasteiger partial charge in [0.1, 0.15) is 24.4 Å². The first-order chi connectivity index (χ1) is 23.6. The lowest BCUT2D eigenvalue weighted by molar-refractivity contribution is -0.209. The molecule has 11 heteroatoms. The fourth-order valence-corrected chi connectivity index (χ4v) is 6.76. The molecule has 4 atom stereocenters. The van der Waals surface area contributed by atoms with E-state index in [2.05, 4.69) is 5.32 Å². The summed E-state index contributed by atoms with van der Waals surface area (Å²) in [7, 11) is 4.91. The first kappa shape index (κ1) is 34.5. The van der Waals surface area contributed by atoms with E-state index in [1.165, 1.54) is 15.9 Å². The second-order valence-electron chi connectivity index (χ2n) is 13.6. The van der Waals surface area contributed by atoms with Crippen LogP contribution >= 0.6 is 0 Å². The second kappa shape index (κ2) is 14.7. The van der Waals surface area contributed by atoms with Crippen LogP contribution in [0.1, 0.15) is 53.6 Å². The van der Waals surface area contributed by atoms with Crippen LogP contribution in [-0.4, -0.2) is 103 Å². The molecule has 4 aliphatic rings. The maximum atomic E-state index is 14.2. The van der Waals surface area contributed by atoms with Crippen molar-refractivity contribution < 1.29 is 38.5 Å². The highest BCUT2D eigenvalue weighted by Gasteiger charge is 2.64. The molecule has 3 amide bonds. The van der Waals surface area contributed by atoms with Gasteiger partial charge in [-0.2, -0.15) is 0 Å². The summed E-state index contributed by atoms with van der Waals surface area (Å²) in [6.07, 6.45) is 7.19. The summed E-state index contributed by atoms with van der Waals surface area (Å²) in [5.74, 6) is -1.76. The highest BCUT2D eigenvalue weighted by atomic mass is 16.8. The molecule has 49 heavy (non-hydrogen) atoms. The number of aliphatic hydroxyl groups is 1. The fraction of sp³-hybridized carbons (Fsp3) is 0.474. The van der Waals surface area contributed by atoms with E-state index in [1.54, 1.807) is 57.6 Å². The zero-order valence-electron chi connectivity index (χ0n) is 28.2. The summed E-state index contributed by atoms with van der Waals surface area (Å²) < 4.78 is 19.6. The van der Waals surface area contributed by atoms with Crippen molar-refractivity contribution in [3.63, 3.8) is 0 Å². The summed E-state index contributed by atoms with van der Waals surface area (Å²) in [6, 6.07) is 15.4. The number of hydrogen-bond donors (Lipinski definition) is 2. The molecule has 11 nitrogen and oxygen atoms in total. The van der Waals surface area contributed by atoms with Crippen LogP contribution in [-0.2, 0) is 35.0 Å². The highest BCUT2D eigenvalue weighted by molar-refractivity contribution is 5.97. The molecule has 0 radical (unpaired) electrons. The van der Waals surface area contributed by atoms with Crippen LogP contribution in [0, 0.1) is 11.8 Å². The van der Waals surface area contributed by atoms with Crippen molar-refractivity contribution in [3.8, 4) is 0 Å². The Morgan fingerprint density at radius 3 is 2.37 bits per heavy atom. The van der Waals surface area contributed by atoms with E-state index < -0.39 is 36.1 Å². The Kier molecular flexibility index (Phi) is 10.3. The van der Waals surface area contributed by atoms with Crippen LogP contribution in [0.25, 0.3) is 6.08 Å². The third kappa shape index (κ3) is 7.79. The Bertz CT molecular complexity index is 1600. The molecule has 1 saturated heterocycles. The van der Waals surface area contributed by atoms with Crippen LogP contribution in [0.15, 0.2) is 72.3 Å². The molecule has 3 aliphatic carbocycles. The first-order valence-corrected chi connectivity index (χ1v) is 17.1. The minimum Gasteiger partial charge on any atom is -0.456 e. The molecule has 0 spiro atoms. The number of amides is 3. The predicted octanol–water partition coefficient (Wildman–Crippen LogP) is 3.12. The van der Waals surface area contributed by atoms with E-state index in [4.69, 9.17) is 14.2 Å². The molecule has 2 saturated carbocycles. The number of nitrogens with zero attached hydrogens (tertiary/aromatic N) is 2. The summed E-state index contributed by atoms with van der Waals surface area (Å²) in [6.45, 7) is -0.160. The standard InChI is InChI=1S/C38H45N3O8/c1-40(2)33(43)17-12-25-10-7-11-26(20-25)37(46)47-31-22-27(23-32-34(31)49-38(48-32,28-13-14-28)29-15-16-29)36(45)41(3)30(35(44)39-18-19-42)21-24-8-5-4-6-9-24/h4-12,17,20,23,28-32,34,42H,13-16,18-19,21-22H2,1-3H3,(H,39,44)/t30-,31-,32-,34+/m1/s1. The molecule has 6 rings (SSSR count). The number of aliphatic hydroxyl groups excluding tert-OH is 1. The normalized spacial score (nSPS) is 23.3. The Balaban J connectivity index is 1.26. The van der Waals surface area contributed by atoms with Crippen molar-refractivity contribution in [2.24, 2.45) is 11.8 Å². The maximum absolute atomic E-state index is 14.2. The molecular weight excluding hydrogens is 626 g/mol. The number of rotatable bonds is 13. The topological polar surface area (TPSA) is 135 Å². The van der Waals surface area contributed by atoms with Gasteiger partial charge in [0, 0.05) is 64.0 Å². The van der Waals surface area contributed by atoms with Crippen molar-refractivity contribution in [2.45, 2.75) is 68.7 Å². The summed E-state index contributed by atoms with van der Waals surface area (Å²) in [5.41, 5.74) is 2.22. The third-order valence-electron chi connectivity index (χ3n) is 9.70. The largest absolute Gasteiger partial charge is 0.456 e. The van der Waals surface area contributed by atoms with E-state index in [9.17, 15) is 24.3 Å². The molecule has 3 fully saturated rings. The van der Waals surface area contributed by atoms with Crippen LogP contribution in [0.4, 0.5) is 0 Å². The van der Waals surface area contributed by atoms with Crippen LogP contribution in [0.2, 0.25) is 0 Å². The minimum absolute atomic E-state index is 0.0647. The average molecular weight is 672 g/mol. The Morgan fingerprint density at radius 2 is 1.71 bits per heavy atom. The lowest BCUT2D eigenvalue weighted by atomic mass is 9.90. The third-order valence-corrected chi connectivity index (χ3v) is 9.70. The predicted molar refractivity (Wildman–Crippen MR) is 181 cm³/mol. The number of fused-ring (bicyclic) bond motifs is 1. The molecule has 260 valence electrons. The molecule has 0 bridgehead atoms. The van der Waals surface area contributed by atoms with E-state index in [0.717, 1.165) is 31.2 Å². The number of hydrogen-bond acceptors (Lipinski definition) is 8. The van der Waals surface area contributed by atoms with Gasteiger partial charge in [0.2, 0.25) is 17.7 Å². The van der Waals surface area contributed by atoms with E-state index in [1.807, 2.05) is 30.3 Å². The number of esters is 1. The number of ether oxygens (including phenoxy) is 3. The quantitative estimate of drug-likeness (QED) is 0.245. The van der Waals surface area contributed by atoms with Gasteiger partial charge in [-0.15, -0.1) is 0 Å². The van der Waals surface area contributed by atoms with Gasteiger partial charge in [0.15, 0.2) is 5.79 Å². The van der Waals surface area contributed by atoms with Crippen molar-refractivity contribution >= 4 is 29.8 Å². The van der Waals surface area contributed by atoms with Gasteiger partial charge in [0.25, 0.3) is 0 Å². The van der Waals surface area contributed by atoms with Gasteiger partial charge < -0.3 is 34.4 Å². The van der Waals surface area contributed by atoms with Crippen molar-refractivity contribution in [1.29, 1.82) is 0 Å². The van der Waals surface area contributed by atoms with E-state index in [-0.39, 0.29) is 55.6 Å². The number of carbonyl (C=O) groups is 4. The number of likely N-dealkylation sites (N-methyl/N-ethyl adjacent to an activating group) is 2. The van der Waals surface area contributed by atoms with Crippen molar-refractivity contribution in [1.82, 2.24) is 15.1 Å². The average Bonchev–Trinajstić information content (AvgIpc) is 4.06. The van der Waals surface area contributed by atoms with Gasteiger partial charge in [-0.25, -0.2) is 4.79 Å². The van der Waals surface area contributed by atoms with E-state index in [0.29, 0.717) is 16.7 Å². The van der Waals surface area contributed by atoms with Crippen molar-refractivity contribution in [2.75, 3.05) is 34.3 Å². The monoisotopic (exact) mass is 671 g/mol. The smallest absolute Gasteiger partial charge is 0.338 e. The lowest BCUT2D eigenvalue weighted by Crippen LogP contribution is -2.51.